The van der Waals surface area contributed by atoms with Crippen LogP contribution in [0.4, 0.5) is 5.82 Å². The van der Waals surface area contributed by atoms with Crippen molar-refractivity contribution < 1.29 is 0 Å². The molecule has 0 unspecified atom stereocenters. The van der Waals surface area contributed by atoms with Gasteiger partial charge in [0.15, 0.2) is 5.82 Å². The Balaban J connectivity index is 1.69. The van der Waals surface area contributed by atoms with E-state index in [-0.39, 0.29) is 0 Å². The number of aryl methyl sites for hydroxylation is 2. The van der Waals surface area contributed by atoms with E-state index >= 15 is 0 Å². The highest BCUT2D eigenvalue weighted by Gasteiger charge is 2.03. The standard InChI is InChI=1S/C17H19N5/c1-3-14-6-4-5-7-15(14)12-18-16-8-9-17(20-19-16)22-11-10-13(2)21-22/h4-11H,3,12H2,1-2H3,(H,18,19). The number of rotatable bonds is 5. The van der Waals surface area contributed by atoms with Crippen LogP contribution in [-0.4, -0.2) is 20.0 Å². The summed E-state index contributed by atoms with van der Waals surface area (Å²) in [4.78, 5) is 0. The molecule has 0 atom stereocenters. The summed E-state index contributed by atoms with van der Waals surface area (Å²) in [5, 5.41) is 16.1. The predicted molar refractivity (Wildman–Crippen MR) is 87.0 cm³/mol. The highest BCUT2D eigenvalue weighted by molar-refractivity contribution is 5.38. The van der Waals surface area contributed by atoms with E-state index in [4.69, 9.17) is 0 Å². The Labute approximate surface area is 130 Å². The second kappa shape index (κ2) is 6.39. The van der Waals surface area contributed by atoms with Gasteiger partial charge in [0, 0.05) is 12.7 Å². The van der Waals surface area contributed by atoms with Crippen LogP contribution in [0.5, 0.6) is 0 Å². The highest BCUT2D eigenvalue weighted by Crippen LogP contribution is 2.12. The van der Waals surface area contributed by atoms with Gasteiger partial charge in [0.1, 0.15) is 5.82 Å². The second-order valence-corrected chi connectivity index (χ2v) is 5.15. The Morgan fingerprint density at radius 3 is 2.45 bits per heavy atom. The summed E-state index contributed by atoms with van der Waals surface area (Å²) < 4.78 is 1.72. The molecular weight excluding hydrogens is 274 g/mol. The maximum atomic E-state index is 4.32. The Morgan fingerprint density at radius 2 is 1.82 bits per heavy atom. The predicted octanol–water partition coefficient (Wildman–Crippen LogP) is 3.15. The van der Waals surface area contributed by atoms with Gasteiger partial charge in [-0.15, -0.1) is 10.2 Å². The third-order valence-electron chi connectivity index (χ3n) is 3.57. The summed E-state index contributed by atoms with van der Waals surface area (Å²) in [6, 6.07) is 14.2. The Kier molecular flexibility index (Phi) is 4.14. The van der Waals surface area contributed by atoms with E-state index < -0.39 is 0 Å². The molecule has 0 radical (unpaired) electrons. The second-order valence-electron chi connectivity index (χ2n) is 5.15. The lowest BCUT2D eigenvalue weighted by atomic mass is 10.1. The first-order valence-corrected chi connectivity index (χ1v) is 7.43. The Hall–Kier alpha value is -2.69. The number of benzene rings is 1. The molecule has 1 N–H and O–H groups in total. The molecule has 5 nitrogen and oxygen atoms in total. The summed E-state index contributed by atoms with van der Waals surface area (Å²) in [5.74, 6) is 1.48. The van der Waals surface area contributed by atoms with Gasteiger partial charge in [-0.3, -0.25) is 0 Å². The van der Waals surface area contributed by atoms with Gasteiger partial charge >= 0.3 is 0 Å². The zero-order valence-electron chi connectivity index (χ0n) is 12.8. The zero-order chi connectivity index (χ0) is 15.4. The number of aromatic nitrogens is 4. The summed E-state index contributed by atoms with van der Waals surface area (Å²) in [6.45, 7) is 4.86. The molecule has 5 heteroatoms. The third-order valence-corrected chi connectivity index (χ3v) is 3.57. The van der Waals surface area contributed by atoms with Crippen LogP contribution in [-0.2, 0) is 13.0 Å². The Bertz CT molecular complexity index is 746. The average molecular weight is 293 g/mol. The minimum Gasteiger partial charge on any atom is -0.364 e. The van der Waals surface area contributed by atoms with Crippen molar-refractivity contribution in [3.63, 3.8) is 0 Å². The van der Waals surface area contributed by atoms with Crippen molar-refractivity contribution in [2.24, 2.45) is 0 Å². The number of nitrogens with one attached hydrogen (secondary N) is 1. The topological polar surface area (TPSA) is 55.6 Å². The fourth-order valence-electron chi connectivity index (χ4n) is 2.35. The highest BCUT2D eigenvalue weighted by atomic mass is 15.3. The van der Waals surface area contributed by atoms with Crippen molar-refractivity contribution in [2.75, 3.05) is 5.32 Å². The van der Waals surface area contributed by atoms with Gasteiger partial charge in [-0.25, -0.2) is 4.68 Å². The first-order chi connectivity index (χ1) is 10.8. The molecule has 0 spiro atoms. The normalized spacial score (nSPS) is 10.6. The SMILES string of the molecule is CCc1ccccc1CNc1ccc(-n2ccc(C)n2)nn1. The van der Waals surface area contributed by atoms with E-state index in [0.717, 1.165) is 24.5 Å². The van der Waals surface area contributed by atoms with Crippen LogP contribution in [0.2, 0.25) is 0 Å². The molecule has 0 fully saturated rings. The first kappa shape index (κ1) is 14.3. The maximum absolute atomic E-state index is 4.32. The lowest BCUT2D eigenvalue weighted by molar-refractivity contribution is 0.803. The van der Waals surface area contributed by atoms with Gasteiger partial charge in [0.2, 0.25) is 0 Å². The molecule has 3 aromatic rings. The molecule has 0 saturated carbocycles. The van der Waals surface area contributed by atoms with Gasteiger partial charge in [-0.1, -0.05) is 31.2 Å². The van der Waals surface area contributed by atoms with Crippen LogP contribution in [0.15, 0.2) is 48.7 Å². The van der Waals surface area contributed by atoms with Crippen LogP contribution in [0.1, 0.15) is 23.7 Å². The minimum absolute atomic E-state index is 0.715. The summed E-state index contributed by atoms with van der Waals surface area (Å²) in [7, 11) is 0. The fraction of sp³-hybridized carbons (Fsp3) is 0.235. The molecule has 0 aliphatic rings. The van der Waals surface area contributed by atoms with Crippen molar-refractivity contribution in [1.82, 2.24) is 20.0 Å². The molecule has 0 aliphatic heterocycles. The van der Waals surface area contributed by atoms with Crippen LogP contribution in [0, 0.1) is 6.92 Å². The van der Waals surface area contributed by atoms with Crippen molar-refractivity contribution >= 4 is 5.82 Å². The molecular formula is C17H19N5. The summed E-state index contributed by atoms with van der Waals surface area (Å²) >= 11 is 0. The van der Waals surface area contributed by atoms with Crippen molar-refractivity contribution in [2.45, 2.75) is 26.8 Å². The lowest BCUT2D eigenvalue weighted by Crippen LogP contribution is -2.06. The molecule has 22 heavy (non-hydrogen) atoms. The van der Waals surface area contributed by atoms with Gasteiger partial charge in [0.05, 0.1) is 5.69 Å². The Morgan fingerprint density at radius 1 is 1.00 bits per heavy atom. The molecule has 0 bridgehead atoms. The van der Waals surface area contributed by atoms with E-state index in [0.29, 0.717) is 5.82 Å². The van der Waals surface area contributed by atoms with Crippen molar-refractivity contribution in [1.29, 1.82) is 0 Å². The molecule has 3 rings (SSSR count). The van der Waals surface area contributed by atoms with Crippen LogP contribution in [0.25, 0.3) is 5.82 Å². The molecule has 112 valence electrons. The molecule has 0 amide bonds. The first-order valence-electron chi connectivity index (χ1n) is 7.43. The van der Waals surface area contributed by atoms with Crippen molar-refractivity contribution in [3.05, 3.63) is 65.5 Å². The smallest absolute Gasteiger partial charge is 0.175 e. The van der Waals surface area contributed by atoms with E-state index in [2.05, 4.69) is 51.8 Å². The summed E-state index contributed by atoms with van der Waals surface area (Å²) in [5.41, 5.74) is 3.60. The molecule has 2 aromatic heterocycles. The molecule has 0 aliphatic carbocycles. The van der Waals surface area contributed by atoms with E-state index in [1.807, 2.05) is 31.3 Å². The molecule has 0 saturated heterocycles. The quantitative estimate of drug-likeness (QED) is 0.785. The zero-order valence-corrected chi connectivity index (χ0v) is 12.8. The lowest BCUT2D eigenvalue weighted by Gasteiger charge is -2.09. The largest absolute Gasteiger partial charge is 0.364 e. The van der Waals surface area contributed by atoms with E-state index in [9.17, 15) is 0 Å². The van der Waals surface area contributed by atoms with Crippen LogP contribution >= 0.6 is 0 Å². The molecule has 2 heterocycles. The number of hydrogen-bond acceptors (Lipinski definition) is 4. The number of anilines is 1. The van der Waals surface area contributed by atoms with E-state index in [1.54, 1.807) is 4.68 Å². The van der Waals surface area contributed by atoms with Gasteiger partial charge in [-0.05, 0) is 42.7 Å². The third kappa shape index (κ3) is 3.14. The van der Waals surface area contributed by atoms with Gasteiger partial charge in [-0.2, -0.15) is 5.10 Å². The minimum atomic E-state index is 0.715. The van der Waals surface area contributed by atoms with Crippen LogP contribution in [0.3, 0.4) is 0 Å². The van der Waals surface area contributed by atoms with Gasteiger partial charge < -0.3 is 5.32 Å². The summed E-state index contributed by atoms with van der Waals surface area (Å²) in [6.07, 6.45) is 2.91. The van der Waals surface area contributed by atoms with Gasteiger partial charge in [0.25, 0.3) is 0 Å². The monoisotopic (exact) mass is 293 g/mol. The van der Waals surface area contributed by atoms with Crippen LogP contribution < -0.4 is 5.32 Å². The number of hydrogen-bond donors (Lipinski definition) is 1. The maximum Gasteiger partial charge on any atom is 0.175 e. The fourth-order valence-corrected chi connectivity index (χ4v) is 2.35. The van der Waals surface area contributed by atoms with E-state index in [1.165, 1.54) is 11.1 Å². The average Bonchev–Trinajstić information content (AvgIpc) is 3.00. The van der Waals surface area contributed by atoms with Crippen molar-refractivity contribution in [3.8, 4) is 5.82 Å². The molecule has 1 aromatic carbocycles. The number of nitrogens with zero attached hydrogens (tertiary/aromatic N) is 4.